The first-order chi connectivity index (χ1) is 9.33. The molecule has 3 rings (SSSR count). The molecule has 0 aliphatic rings. The second-order valence-corrected chi connectivity index (χ2v) is 4.77. The first-order valence-corrected chi connectivity index (χ1v) is 6.51. The van der Waals surface area contributed by atoms with Gasteiger partial charge in [-0.15, -0.1) is 4.43 Å². The molecule has 2 radical (unpaired) electrons. The van der Waals surface area contributed by atoms with E-state index in [4.69, 9.17) is 0 Å². The molecule has 0 atom stereocenters. The molecule has 0 saturated carbocycles. The van der Waals surface area contributed by atoms with Crippen LogP contribution in [0.15, 0.2) is 60.9 Å². The number of hydrogen-bond acceptors (Lipinski definition) is 3. The van der Waals surface area contributed by atoms with E-state index < -0.39 is 0 Å². The Kier molecular flexibility index (Phi) is 3.37. The second kappa shape index (κ2) is 5.31. The van der Waals surface area contributed by atoms with Crippen LogP contribution in [-0.4, -0.2) is 31.2 Å². The quantitative estimate of drug-likeness (QED) is 0.661. The first kappa shape index (κ1) is 12.0. The fourth-order valence-electron chi connectivity index (χ4n) is 1.84. The maximum atomic E-state index is 4.64. The van der Waals surface area contributed by atoms with Gasteiger partial charge < -0.3 is 0 Å². The third-order valence-corrected chi connectivity index (χ3v) is 3.04. The molecule has 0 N–H and O–H groups in total. The van der Waals surface area contributed by atoms with Gasteiger partial charge in [0.05, 0.1) is 22.8 Å². The Labute approximate surface area is 119 Å². The third-order valence-electron chi connectivity index (χ3n) is 2.70. The summed E-state index contributed by atoms with van der Waals surface area (Å²) < 4.78 is 1.07. The lowest BCUT2D eigenvalue weighted by Crippen LogP contribution is -2.06. The number of nitrogens with zero attached hydrogens (tertiary/aromatic N) is 3. The molecule has 0 fully saturated rings. The molecule has 0 aromatic carbocycles. The molecule has 0 amide bonds. The Hall–Kier alpha value is -2.02. The fourth-order valence-corrected chi connectivity index (χ4v) is 2.16. The molecule has 4 heteroatoms. The van der Waals surface area contributed by atoms with Crippen molar-refractivity contribution in [2.45, 2.75) is 0 Å². The van der Waals surface area contributed by atoms with Gasteiger partial charge in [0.15, 0.2) is 16.3 Å². The summed E-state index contributed by atoms with van der Waals surface area (Å²) in [6.45, 7) is 0. The van der Waals surface area contributed by atoms with Crippen LogP contribution in [0.5, 0.6) is 0 Å². The Morgan fingerprint density at radius 2 is 1.21 bits per heavy atom. The average Bonchev–Trinajstić information content (AvgIpc) is 2.48. The molecule has 0 aliphatic heterocycles. The van der Waals surface area contributed by atoms with E-state index >= 15 is 0 Å². The van der Waals surface area contributed by atoms with Crippen LogP contribution in [-0.2, 0) is 0 Å². The molecule has 88 valence electrons. The van der Waals surface area contributed by atoms with Crippen molar-refractivity contribution in [2.24, 2.45) is 0 Å². The summed E-state index contributed by atoms with van der Waals surface area (Å²) in [5, 5.41) is 0. The highest BCUT2D eigenvalue weighted by Crippen LogP contribution is 2.18. The van der Waals surface area contributed by atoms with Crippen LogP contribution in [0.25, 0.3) is 22.8 Å². The Bertz CT molecular complexity index is 627. The van der Waals surface area contributed by atoms with E-state index in [1.165, 1.54) is 0 Å². The summed E-state index contributed by atoms with van der Waals surface area (Å²) in [7, 11) is 0. The lowest BCUT2D eigenvalue weighted by atomic mass is 10.2. The van der Waals surface area contributed by atoms with Crippen molar-refractivity contribution >= 4 is 20.7 Å². The number of aromatic nitrogens is 3. The molecular weight excluding hydrogens is 249 g/mol. The van der Waals surface area contributed by atoms with Crippen LogP contribution in [0.1, 0.15) is 0 Å². The van der Waals surface area contributed by atoms with Gasteiger partial charge in [0.2, 0.25) is 0 Å². The minimum atomic E-state index is 0.855. The van der Waals surface area contributed by atoms with Crippen molar-refractivity contribution in [1.82, 2.24) is 15.0 Å². The molecule has 3 heterocycles. The largest absolute Gasteiger partial charge is 0.255 e. The van der Waals surface area contributed by atoms with E-state index in [2.05, 4.69) is 31.2 Å². The third kappa shape index (κ3) is 2.71. The Balaban J connectivity index is 2.12. The maximum Gasteiger partial charge on any atom is 0.175 e. The van der Waals surface area contributed by atoms with E-state index in [0.29, 0.717) is 0 Å². The van der Waals surface area contributed by atoms with E-state index in [1.807, 2.05) is 48.5 Å². The van der Waals surface area contributed by atoms with Crippen LogP contribution >= 0.6 is 0 Å². The van der Waals surface area contributed by atoms with Crippen molar-refractivity contribution in [1.29, 1.82) is 0 Å². The Morgan fingerprint density at radius 1 is 0.684 bits per heavy atom. The molecule has 0 unspecified atom stereocenters. The van der Waals surface area contributed by atoms with E-state index in [0.717, 1.165) is 27.2 Å². The predicted molar refractivity (Wildman–Crippen MR) is 76.1 cm³/mol. The van der Waals surface area contributed by atoms with Crippen molar-refractivity contribution < 1.29 is 0 Å². The minimum Gasteiger partial charge on any atom is -0.255 e. The second-order valence-electron chi connectivity index (χ2n) is 4.10. The summed E-state index contributed by atoms with van der Waals surface area (Å²) in [6.07, 6.45) is 3.54. The van der Waals surface area contributed by atoms with Crippen LogP contribution in [0.3, 0.4) is 0 Å². The number of hydrogen-bond donors (Lipinski definition) is 0. The molecular formula is C15H10AlN3. The van der Waals surface area contributed by atoms with Crippen molar-refractivity contribution in [3.05, 3.63) is 60.9 Å². The SMILES string of the molecule is [Al][c]1cc(-c2ccccn2)nc(-c2ccccn2)c1. The van der Waals surface area contributed by atoms with Gasteiger partial charge in [-0.05, 0) is 36.4 Å². The highest BCUT2D eigenvalue weighted by molar-refractivity contribution is 6.32. The molecule has 0 saturated heterocycles. The first-order valence-electron chi connectivity index (χ1n) is 5.93. The van der Waals surface area contributed by atoms with E-state index in [-0.39, 0.29) is 0 Å². The van der Waals surface area contributed by atoms with E-state index in [9.17, 15) is 0 Å². The van der Waals surface area contributed by atoms with Crippen LogP contribution in [0.4, 0.5) is 0 Å². The van der Waals surface area contributed by atoms with Gasteiger partial charge in [-0.1, -0.05) is 12.1 Å². The molecule has 3 aromatic rings. The molecule has 0 aliphatic carbocycles. The van der Waals surface area contributed by atoms with Crippen molar-refractivity contribution in [3.63, 3.8) is 0 Å². The topological polar surface area (TPSA) is 38.7 Å². The Morgan fingerprint density at radius 3 is 1.63 bits per heavy atom. The summed E-state index contributed by atoms with van der Waals surface area (Å²) >= 11 is 2.70. The van der Waals surface area contributed by atoms with Crippen LogP contribution in [0.2, 0.25) is 0 Å². The zero-order chi connectivity index (χ0) is 13.1. The number of pyridine rings is 3. The minimum absolute atomic E-state index is 0.855. The van der Waals surface area contributed by atoms with Gasteiger partial charge >= 0.3 is 0 Å². The molecule has 0 bridgehead atoms. The van der Waals surface area contributed by atoms with Crippen molar-refractivity contribution in [2.75, 3.05) is 0 Å². The molecule has 3 nitrogen and oxygen atoms in total. The van der Waals surface area contributed by atoms with Gasteiger partial charge in [-0.3, -0.25) is 9.97 Å². The molecule has 0 spiro atoms. The lowest BCUT2D eigenvalue weighted by molar-refractivity contribution is 1.22. The van der Waals surface area contributed by atoms with Gasteiger partial charge in [0, 0.05) is 12.4 Å². The highest BCUT2D eigenvalue weighted by Gasteiger charge is 2.05. The van der Waals surface area contributed by atoms with Crippen LogP contribution < -0.4 is 4.43 Å². The summed E-state index contributed by atoms with van der Waals surface area (Å²) in [4.78, 5) is 13.3. The fraction of sp³-hybridized carbons (Fsp3) is 0. The average molecular weight is 259 g/mol. The van der Waals surface area contributed by atoms with Crippen molar-refractivity contribution in [3.8, 4) is 22.8 Å². The summed E-state index contributed by atoms with van der Waals surface area (Å²) in [5.74, 6) is 0. The zero-order valence-electron chi connectivity index (χ0n) is 10.2. The highest BCUT2D eigenvalue weighted by atomic mass is 27.0. The lowest BCUT2D eigenvalue weighted by Gasteiger charge is -2.06. The summed E-state index contributed by atoms with van der Waals surface area (Å²) in [5.41, 5.74) is 3.44. The van der Waals surface area contributed by atoms with Gasteiger partial charge in [-0.2, -0.15) is 0 Å². The van der Waals surface area contributed by atoms with Gasteiger partial charge in [0.25, 0.3) is 0 Å². The molecule has 3 aromatic heterocycles. The van der Waals surface area contributed by atoms with Gasteiger partial charge in [0.1, 0.15) is 0 Å². The predicted octanol–water partition coefficient (Wildman–Crippen LogP) is 2.00. The van der Waals surface area contributed by atoms with Gasteiger partial charge in [-0.25, -0.2) is 4.98 Å². The number of rotatable bonds is 2. The monoisotopic (exact) mass is 259 g/mol. The standard InChI is InChI=1S/C15H10N3.Al/c1-3-10-16-12(6-1)14-8-5-9-15(18-14)13-7-2-4-11-17-13;/h1-4,6-11H;. The molecule has 19 heavy (non-hydrogen) atoms. The normalized spacial score (nSPS) is 10.3. The smallest absolute Gasteiger partial charge is 0.175 e. The maximum absolute atomic E-state index is 4.64. The van der Waals surface area contributed by atoms with E-state index in [1.54, 1.807) is 12.4 Å². The summed E-state index contributed by atoms with van der Waals surface area (Å²) in [6, 6.07) is 15.6. The van der Waals surface area contributed by atoms with Crippen LogP contribution in [0, 0.1) is 0 Å². The zero-order valence-corrected chi connectivity index (χ0v) is 11.3.